The van der Waals surface area contributed by atoms with Crippen LogP contribution in [0, 0.1) is 18.8 Å². The summed E-state index contributed by atoms with van der Waals surface area (Å²) in [5.74, 6) is -3.95. The molecule has 0 spiro atoms. The highest BCUT2D eigenvalue weighted by molar-refractivity contribution is 6.24. The largest absolute Gasteiger partial charge is 0.480 e. The van der Waals surface area contributed by atoms with Crippen LogP contribution >= 0.6 is 0 Å². The molecule has 6 heteroatoms. The van der Waals surface area contributed by atoms with Gasteiger partial charge in [0.05, 0.1) is 17.5 Å². The highest BCUT2D eigenvalue weighted by Crippen LogP contribution is 2.51. The van der Waals surface area contributed by atoms with Gasteiger partial charge in [0, 0.05) is 12.5 Å². The van der Waals surface area contributed by atoms with Gasteiger partial charge in [-0.2, -0.15) is 0 Å². The third kappa shape index (κ3) is 4.66. The van der Waals surface area contributed by atoms with Crippen molar-refractivity contribution in [3.8, 4) is 0 Å². The molecule has 4 atom stereocenters. The number of carboxylic acids is 1. The van der Waals surface area contributed by atoms with Gasteiger partial charge in [0.1, 0.15) is 5.54 Å². The molecular weight excluding hydrogens is 512 g/mol. The Morgan fingerprint density at radius 2 is 1.39 bits per heavy atom. The number of amides is 2. The van der Waals surface area contributed by atoms with E-state index in [1.807, 2.05) is 116 Å². The number of aryl methyl sites for hydroxylation is 1. The van der Waals surface area contributed by atoms with Crippen molar-refractivity contribution < 1.29 is 19.5 Å². The zero-order valence-corrected chi connectivity index (χ0v) is 22.6. The van der Waals surface area contributed by atoms with Crippen LogP contribution in [-0.2, 0) is 20.8 Å². The number of fused-ring (bicyclic) bond motifs is 1. The van der Waals surface area contributed by atoms with E-state index in [1.165, 1.54) is 4.90 Å². The van der Waals surface area contributed by atoms with E-state index in [-0.39, 0.29) is 12.3 Å². The summed E-state index contributed by atoms with van der Waals surface area (Å²) in [4.78, 5) is 42.5. The van der Waals surface area contributed by atoms with Crippen LogP contribution in [0.25, 0.3) is 12.2 Å². The van der Waals surface area contributed by atoms with Gasteiger partial charge in [-0.15, -0.1) is 0 Å². The molecule has 2 saturated heterocycles. The molecule has 0 bridgehead atoms. The molecule has 4 unspecified atom stereocenters. The molecule has 2 aliphatic heterocycles. The van der Waals surface area contributed by atoms with Crippen molar-refractivity contribution in [1.29, 1.82) is 0 Å². The number of benzene rings is 4. The Labute approximate surface area is 239 Å². The quantitative estimate of drug-likeness (QED) is 0.232. The summed E-state index contributed by atoms with van der Waals surface area (Å²) in [5, 5.41) is 14.0. The first-order valence-corrected chi connectivity index (χ1v) is 13.7. The lowest BCUT2D eigenvalue weighted by Crippen LogP contribution is -2.57. The SMILES string of the molecule is Cc1ccccc1N1C(=O)C2C(c3ccc(C=Cc4ccccc4)cc3)NC(Cc3ccccc3)(C(=O)O)C2C1=O. The summed E-state index contributed by atoms with van der Waals surface area (Å²) in [6.07, 6.45) is 4.10. The monoisotopic (exact) mass is 542 g/mol. The Kier molecular flexibility index (Phi) is 6.85. The van der Waals surface area contributed by atoms with Crippen LogP contribution in [0.15, 0.2) is 109 Å². The molecule has 6 nitrogen and oxygen atoms in total. The second kappa shape index (κ2) is 10.6. The number of aliphatic carboxylic acids is 1. The summed E-state index contributed by atoms with van der Waals surface area (Å²) >= 11 is 0. The van der Waals surface area contributed by atoms with Gasteiger partial charge in [-0.3, -0.25) is 19.7 Å². The zero-order chi connectivity index (χ0) is 28.6. The van der Waals surface area contributed by atoms with Gasteiger partial charge in [-0.05, 0) is 40.8 Å². The number of carbonyl (C=O) groups is 3. The van der Waals surface area contributed by atoms with Crippen molar-refractivity contribution >= 4 is 35.6 Å². The fourth-order valence-corrected chi connectivity index (χ4v) is 6.27. The summed E-state index contributed by atoms with van der Waals surface area (Å²) in [7, 11) is 0. The number of nitrogens with zero attached hydrogens (tertiary/aromatic N) is 1. The van der Waals surface area contributed by atoms with Crippen LogP contribution < -0.4 is 10.2 Å². The molecule has 2 aliphatic rings. The summed E-state index contributed by atoms with van der Waals surface area (Å²) < 4.78 is 0. The van der Waals surface area contributed by atoms with Crippen molar-refractivity contribution in [3.05, 3.63) is 137 Å². The van der Waals surface area contributed by atoms with Crippen molar-refractivity contribution in [2.75, 3.05) is 4.90 Å². The minimum Gasteiger partial charge on any atom is -0.480 e. The molecule has 2 heterocycles. The molecule has 0 radical (unpaired) electrons. The predicted molar refractivity (Wildman–Crippen MR) is 159 cm³/mol. The van der Waals surface area contributed by atoms with Gasteiger partial charge in [0.25, 0.3) is 0 Å². The van der Waals surface area contributed by atoms with E-state index >= 15 is 0 Å². The number of imide groups is 1. The first kappa shape index (κ1) is 26.4. The van der Waals surface area contributed by atoms with E-state index in [2.05, 4.69) is 5.32 Å². The van der Waals surface area contributed by atoms with Crippen LogP contribution in [0.4, 0.5) is 5.69 Å². The average Bonchev–Trinajstić information content (AvgIpc) is 3.47. The highest BCUT2D eigenvalue weighted by Gasteiger charge is 2.68. The number of anilines is 1. The van der Waals surface area contributed by atoms with Crippen molar-refractivity contribution in [2.45, 2.75) is 24.9 Å². The third-order valence-electron chi connectivity index (χ3n) is 8.28. The number of carboxylic acid groups (broad SMARTS) is 1. The van der Waals surface area contributed by atoms with Crippen molar-refractivity contribution in [3.63, 3.8) is 0 Å². The summed E-state index contributed by atoms with van der Waals surface area (Å²) in [6, 6.07) is 33.5. The molecule has 0 aromatic heterocycles. The minimum atomic E-state index is -1.66. The zero-order valence-electron chi connectivity index (χ0n) is 22.6. The van der Waals surface area contributed by atoms with Gasteiger partial charge in [-0.25, -0.2) is 4.90 Å². The molecule has 4 aromatic rings. The summed E-state index contributed by atoms with van der Waals surface area (Å²) in [5.41, 5.74) is 3.20. The molecular formula is C35H30N2O4. The Bertz CT molecular complexity index is 1630. The number of nitrogens with one attached hydrogen (secondary N) is 1. The number of rotatable bonds is 7. The Morgan fingerprint density at radius 3 is 2.02 bits per heavy atom. The predicted octanol–water partition coefficient (Wildman–Crippen LogP) is 5.68. The number of para-hydroxylation sites is 1. The lowest BCUT2D eigenvalue weighted by Gasteiger charge is -2.31. The molecule has 4 aromatic carbocycles. The smallest absolute Gasteiger partial charge is 0.325 e. The fraction of sp³-hybridized carbons (Fsp3) is 0.171. The van der Waals surface area contributed by atoms with Crippen LogP contribution in [0.1, 0.15) is 33.9 Å². The molecule has 0 aliphatic carbocycles. The minimum absolute atomic E-state index is 0.0688. The van der Waals surface area contributed by atoms with Gasteiger partial charge in [-0.1, -0.05) is 115 Å². The van der Waals surface area contributed by atoms with Crippen LogP contribution in [0.2, 0.25) is 0 Å². The number of hydrogen-bond donors (Lipinski definition) is 2. The maximum Gasteiger partial charge on any atom is 0.325 e. The maximum atomic E-state index is 14.1. The third-order valence-corrected chi connectivity index (χ3v) is 8.28. The lowest BCUT2D eigenvalue weighted by molar-refractivity contribution is -0.148. The normalized spacial score (nSPS) is 23.7. The summed E-state index contributed by atoms with van der Waals surface area (Å²) in [6.45, 7) is 1.84. The van der Waals surface area contributed by atoms with Crippen molar-refractivity contribution in [2.24, 2.45) is 11.8 Å². The second-order valence-electron chi connectivity index (χ2n) is 10.8. The average molecular weight is 543 g/mol. The van der Waals surface area contributed by atoms with Gasteiger partial charge >= 0.3 is 5.97 Å². The van der Waals surface area contributed by atoms with Gasteiger partial charge in [0.2, 0.25) is 11.8 Å². The van der Waals surface area contributed by atoms with Crippen LogP contribution in [-0.4, -0.2) is 28.4 Å². The van der Waals surface area contributed by atoms with Gasteiger partial charge < -0.3 is 5.11 Å². The Hall–Kier alpha value is -4.81. The first-order chi connectivity index (χ1) is 19.9. The standard InChI is InChI=1S/C35H30N2O4/c1-23-10-8-9-15-28(23)37-32(38)29-30(33(37)39)35(34(40)41,22-26-13-6-3-7-14-26)36-31(29)27-20-18-25(19-21-27)17-16-24-11-4-2-5-12-24/h2-21,29-31,36H,22H2,1H3,(H,40,41). The molecule has 2 amide bonds. The molecule has 204 valence electrons. The van der Waals surface area contributed by atoms with Crippen LogP contribution in [0.3, 0.4) is 0 Å². The maximum absolute atomic E-state index is 14.1. The lowest BCUT2D eigenvalue weighted by atomic mass is 9.76. The molecule has 6 rings (SSSR count). The highest BCUT2D eigenvalue weighted by atomic mass is 16.4. The fourth-order valence-electron chi connectivity index (χ4n) is 6.27. The number of carbonyl (C=O) groups excluding carboxylic acids is 2. The molecule has 41 heavy (non-hydrogen) atoms. The number of hydrogen-bond acceptors (Lipinski definition) is 4. The first-order valence-electron chi connectivity index (χ1n) is 13.7. The van der Waals surface area contributed by atoms with E-state index in [9.17, 15) is 19.5 Å². The van der Waals surface area contributed by atoms with E-state index in [1.54, 1.807) is 12.1 Å². The van der Waals surface area contributed by atoms with E-state index in [4.69, 9.17) is 0 Å². The van der Waals surface area contributed by atoms with Gasteiger partial charge in [0.15, 0.2) is 0 Å². The molecule has 2 fully saturated rings. The van der Waals surface area contributed by atoms with Crippen LogP contribution in [0.5, 0.6) is 0 Å². The molecule has 0 saturated carbocycles. The topological polar surface area (TPSA) is 86.7 Å². The second-order valence-corrected chi connectivity index (χ2v) is 10.8. The van der Waals surface area contributed by atoms with E-state index in [0.29, 0.717) is 5.69 Å². The molecule has 2 N–H and O–H groups in total. The van der Waals surface area contributed by atoms with Crippen molar-refractivity contribution in [1.82, 2.24) is 5.32 Å². The van der Waals surface area contributed by atoms with E-state index in [0.717, 1.165) is 27.8 Å². The van der Waals surface area contributed by atoms with E-state index < -0.39 is 35.3 Å². The Balaban J connectivity index is 1.41. The Morgan fingerprint density at radius 1 is 0.805 bits per heavy atom.